The first kappa shape index (κ1) is 37.1. The van der Waals surface area contributed by atoms with Gasteiger partial charge < -0.3 is 9.84 Å². The molecule has 0 spiro atoms. The summed E-state index contributed by atoms with van der Waals surface area (Å²) in [5.74, 6) is -0.720. The molecule has 4 nitrogen and oxygen atoms in total. The summed E-state index contributed by atoms with van der Waals surface area (Å²) in [6.45, 7) is 4.51. The van der Waals surface area contributed by atoms with Crippen molar-refractivity contribution in [2.45, 2.75) is 206 Å². The van der Waals surface area contributed by atoms with Crippen LogP contribution in [0.1, 0.15) is 200 Å². The summed E-state index contributed by atoms with van der Waals surface area (Å²) in [5, 5.41) is 10.1. The van der Waals surface area contributed by atoms with Crippen molar-refractivity contribution in [3.8, 4) is 0 Å². The molecule has 38 heavy (non-hydrogen) atoms. The average molecular weight is 539 g/mol. The molecule has 1 N–H and O–H groups in total. The fourth-order valence-corrected chi connectivity index (χ4v) is 5.18. The van der Waals surface area contributed by atoms with Crippen molar-refractivity contribution in [1.29, 1.82) is 0 Å². The van der Waals surface area contributed by atoms with E-state index in [9.17, 15) is 14.7 Å². The quantitative estimate of drug-likeness (QED) is 0.0561. The maximum atomic E-state index is 11.9. The Bertz CT molecular complexity index is 505. The standard InChI is InChI=1S/C34H66O4/c1-3-5-7-9-11-12-13-14-15-16-18-22-26-30-33(36)38-34(37)31-27-23-19-21-25-29-32(35)28-24-20-17-10-8-6-4-2/h32,35H,3-31H2,1-2H3. The summed E-state index contributed by atoms with van der Waals surface area (Å²) in [6, 6.07) is 0. The molecule has 0 aliphatic heterocycles. The molecule has 0 amide bonds. The smallest absolute Gasteiger partial charge is 0.313 e. The van der Waals surface area contributed by atoms with Gasteiger partial charge in [-0.15, -0.1) is 0 Å². The minimum absolute atomic E-state index is 0.151. The van der Waals surface area contributed by atoms with Gasteiger partial charge in [-0.1, -0.05) is 162 Å². The van der Waals surface area contributed by atoms with Gasteiger partial charge in [0.15, 0.2) is 0 Å². The van der Waals surface area contributed by atoms with Gasteiger partial charge in [0.25, 0.3) is 0 Å². The average Bonchev–Trinajstić information content (AvgIpc) is 2.90. The van der Waals surface area contributed by atoms with Crippen molar-refractivity contribution in [2.75, 3.05) is 0 Å². The zero-order valence-electron chi connectivity index (χ0n) is 25.8. The van der Waals surface area contributed by atoms with Gasteiger partial charge in [0.05, 0.1) is 6.10 Å². The number of carbonyl (C=O) groups is 2. The third kappa shape index (κ3) is 29.7. The number of carbonyl (C=O) groups excluding carboxylic acids is 2. The molecule has 0 fully saturated rings. The minimum Gasteiger partial charge on any atom is -0.393 e. The zero-order chi connectivity index (χ0) is 27.9. The van der Waals surface area contributed by atoms with Crippen LogP contribution in [0.15, 0.2) is 0 Å². The van der Waals surface area contributed by atoms with Crippen molar-refractivity contribution in [3.63, 3.8) is 0 Å². The molecule has 0 saturated carbocycles. The number of hydrogen-bond acceptors (Lipinski definition) is 4. The molecule has 4 heteroatoms. The fourth-order valence-electron chi connectivity index (χ4n) is 5.18. The van der Waals surface area contributed by atoms with E-state index in [4.69, 9.17) is 4.74 Å². The number of ether oxygens (including phenoxy) is 1. The molecule has 0 aliphatic carbocycles. The van der Waals surface area contributed by atoms with E-state index in [0.717, 1.165) is 64.2 Å². The molecule has 0 heterocycles. The van der Waals surface area contributed by atoms with Crippen LogP contribution in [0.2, 0.25) is 0 Å². The molecule has 0 bridgehead atoms. The molecule has 0 aliphatic rings. The van der Waals surface area contributed by atoms with Crippen molar-refractivity contribution in [1.82, 2.24) is 0 Å². The lowest BCUT2D eigenvalue weighted by Gasteiger charge is -2.10. The predicted octanol–water partition coefficient (Wildman–Crippen LogP) is 10.8. The van der Waals surface area contributed by atoms with Gasteiger partial charge >= 0.3 is 11.9 Å². The Balaban J connectivity index is 3.37. The predicted molar refractivity (Wildman–Crippen MR) is 162 cm³/mol. The van der Waals surface area contributed by atoms with Crippen molar-refractivity contribution in [2.24, 2.45) is 0 Å². The van der Waals surface area contributed by atoms with Gasteiger partial charge in [-0.3, -0.25) is 9.59 Å². The zero-order valence-corrected chi connectivity index (χ0v) is 25.8. The molecule has 0 rings (SSSR count). The topological polar surface area (TPSA) is 63.6 Å². The minimum atomic E-state index is -0.366. The van der Waals surface area contributed by atoms with E-state index in [0.29, 0.717) is 12.8 Å². The monoisotopic (exact) mass is 538 g/mol. The second-order valence-corrected chi connectivity index (χ2v) is 11.7. The Morgan fingerprint density at radius 3 is 1.03 bits per heavy atom. The van der Waals surface area contributed by atoms with Gasteiger partial charge in [-0.25, -0.2) is 0 Å². The van der Waals surface area contributed by atoms with Gasteiger partial charge in [0.2, 0.25) is 0 Å². The fraction of sp³-hybridized carbons (Fsp3) is 0.941. The lowest BCUT2D eigenvalue weighted by atomic mass is 10.0. The molecule has 0 aromatic rings. The molecule has 0 radical (unpaired) electrons. The Kier molecular flexibility index (Phi) is 29.9. The number of rotatable bonds is 30. The third-order valence-electron chi connectivity index (χ3n) is 7.77. The van der Waals surface area contributed by atoms with Gasteiger partial charge in [0, 0.05) is 12.8 Å². The van der Waals surface area contributed by atoms with Crippen molar-refractivity contribution >= 4 is 11.9 Å². The Hall–Kier alpha value is -0.900. The van der Waals surface area contributed by atoms with E-state index in [1.165, 1.54) is 109 Å². The first-order valence-corrected chi connectivity index (χ1v) is 17.0. The van der Waals surface area contributed by atoms with Crippen molar-refractivity contribution < 1.29 is 19.4 Å². The molecule has 0 aromatic carbocycles. The van der Waals surface area contributed by atoms with E-state index in [1.807, 2.05) is 0 Å². The molecular formula is C34H66O4. The molecular weight excluding hydrogens is 472 g/mol. The Labute approximate surface area is 237 Å². The van der Waals surface area contributed by atoms with Crippen LogP contribution >= 0.6 is 0 Å². The molecule has 0 aromatic heterocycles. The van der Waals surface area contributed by atoms with E-state index in [2.05, 4.69) is 13.8 Å². The van der Waals surface area contributed by atoms with Crippen LogP contribution in [0.5, 0.6) is 0 Å². The largest absolute Gasteiger partial charge is 0.393 e. The van der Waals surface area contributed by atoms with E-state index in [-0.39, 0.29) is 18.0 Å². The Morgan fingerprint density at radius 1 is 0.447 bits per heavy atom. The van der Waals surface area contributed by atoms with Crippen LogP contribution in [0, 0.1) is 0 Å². The van der Waals surface area contributed by atoms with Crippen LogP contribution in [-0.4, -0.2) is 23.1 Å². The number of hydrogen-bond donors (Lipinski definition) is 1. The van der Waals surface area contributed by atoms with Crippen LogP contribution in [0.3, 0.4) is 0 Å². The Morgan fingerprint density at radius 2 is 0.711 bits per heavy atom. The third-order valence-corrected chi connectivity index (χ3v) is 7.77. The highest BCUT2D eigenvalue weighted by atomic mass is 16.6. The van der Waals surface area contributed by atoms with Gasteiger partial charge in [0.1, 0.15) is 0 Å². The number of unbranched alkanes of at least 4 members (excludes halogenated alkanes) is 22. The lowest BCUT2D eigenvalue weighted by Crippen LogP contribution is -2.11. The van der Waals surface area contributed by atoms with E-state index < -0.39 is 0 Å². The van der Waals surface area contributed by atoms with Crippen LogP contribution in [0.25, 0.3) is 0 Å². The maximum absolute atomic E-state index is 11.9. The summed E-state index contributed by atoms with van der Waals surface area (Å²) < 4.78 is 4.98. The SMILES string of the molecule is CCCCCCCCCCCCCCCC(=O)OC(=O)CCCCCCCC(O)CCCCCCCCC. The van der Waals surface area contributed by atoms with Crippen LogP contribution < -0.4 is 0 Å². The van der Waals surface area contributed by atoms with Gasteiger partial charge in [-0.2, -0.15) is 0 Å². The summed E-state index contributed by atoms with van der Waals surface area (Å²) in [4.78, 5) is 23.8. The molecule has 1 atom stereocenters. The van der Waals surface area contributed by atoms with Gasteiger partial charge in [-0.05, 0) is 25.7 Å². The highest BCUT2D eigenvalue weighted by Gasteiger charge is 2.10. The highest BCUT2D eigenvalue weighted by Crippen LogP contribution is 2.15. The number of aliphatic hydroxyl groups is 1. The normalized spacial score (nSPS) is 12.1. The number of esters is 2. The molecule has 1 unspecified atom stereocenters. The summed E-state index contributed by atoms with van der Waals surface area (Å²) >= 11 is 0. The summed E-state index contributed by atoms with van der Waals surface area (Å²) in [5.41, 5.74) is 0. The van der Waals surface area contributed by atoms with Crippen molar-refractivity contribution in [3.05, 3.63) is 0 Å². The molecule has 226 valence electrons. The first-order valence-electron chi connectivity index (χ1n) is 17.0. The second-order valence-electron chi connectivity index (χ2n) is 11.7. The maximum Gasteiger partial charge on any atom is 0.313 e. The lowest BCUT2D eigenvalue weighted by molar-refractivity contribution is -0.159. The first-order chi connectivity index (χ1) is 18.6. The van der Waals surface area contributed by atoms with Crippen LogP contribution in [0.4, 0.5) is 0 Å². The highest BCUT2D eigenvalue weighted by molar-refractivity contribution is 5.85. The second kappa shape index (κ2) is 30.6. The number of aliphatic hydroxyl groups excluding tert-OH is 1. The summed E-state index contributed by atoms with van der Waals surface area (Å²) in [6.07, 6.45) is 33.0. The van der Waals surface area contributed by atoms with E-state index in [1.54, 1.807) is 0 Å². The van der Waals surface area contributed by atoms with Crippen LogP contribution in [-0.2, 0) is 14.3 Å². The molecule has 0 saturated heterocycles. The summed E-state index contributed by atoms with van der Waals surface area (Å²) in [7, 11) is 0. The van der Waals surface area contributed by atoms with E-state index >= 15 is 0 Å².